The molecule has 128 heavy (non-hydrogen) atoms. The van der Waals surface area contributed by atoms with Crippen molar-refractivity contribution in [2.24, 2.45) is 35.5 Å². The summed E-state index contributed by atoms with van der Waals surface area (Å²) < 4.78 is 58.2. The number of halogens is 1. The number of hydrogen-bond acceptors (Lipinski definition) is 26. The van der Waals surface area contributed by atoms with Crippen molar-refractivity contribution in [2.45, 2.75) is 225 Å². The second kappa shape index (κ2) is 49.3. The van der Waals surface area contributed by atoms with Crippen LogP contribution >= 0.6 is 15.9 Å². The number of amides is 2. The van der Waals surface area contributed by atoms with Crippen LogP contribution in [0.4, 0.5) is 27.5 Å². The minimum Gasteiger partial charge on any atom is -0.459 e. The summed E-state index contributed by atoms with van der Waals surface area (Å²) in [5, 5.41) is 97.0. The normalized spacial score (nSPS) is 27.8. The number of nitrogens with one attached hydrogen (secondary N) is 4. The third-order valence-electron chi connectivity index (χ3n) is 24.7. The van der Waals surface area contributed by atoms with Crippen LogP contribution in [-0.2, 0) is 76.1 Å². The molecule has 20 unspecified atom stereocenters. The smallest absolute Gasteiger partial charge is 0.412 e. The Balaban J connectivity index is 0.000000217. The van der Waals surface area contributed by atoms with Gasteiger partial charge in [0.1, 0.15) is 74.7 Å². The maximum Gasteiger partial charge on any atom is 0.412 e. The van der Waals surface area contributed by atoms with Gasteiger partial charge in [-0.25, -0.2) is 14.4 Å². The van der Waals surface area contributed by atoms with Gasteiger partial charge in [-0.3, -0.25) is 10.1 Å². The zero-order valence-electron chi connectivity index (χ0n) is 76.1. The second-order valence-electron chi connectivity index (χ2n) is 35.6. The van der Waals surface area contributed by atoms with Crippen LogP contribution in [0.3, 0.4) is 0 Å². The minimum absolute atomic E-state index is 0.0154. The van der Waals surface area contributed by atoms with Gasteiger partial charge in [0.2, 0.25) is 11.6 Å². The number of alkyl halides is 1. The van der Waals surface area contributed by atoms with E-state index in [1.807, 2.05) is 106 Å². The molecule has 702 valence electrons. The number of carbonyl (C=O) groups excluding carboxylic acids is 4. The molecule has 6 heterocycles. The van der Waals surface area contributed by atoms with Crippen LogP contribution < -0.4 is 26.2 Å². The van der Waals surface area contributed by atoms with E-state index in [1.54, 1.807) is 24.3 Å². The predicted octanol–water partition coefficient (Wildman–Crippen LogP) is 10.9. The molecule has 0 saturated carbocycles. The van der Waals surface area contributed by atoms with E-state index >= 15 is 0 Å². The van der Waals surface area contributed by atoms with E-state index in [0.29, 0.717) is 86.3 Å². The molecule has 6 aliphatic heterocycles. The van der Waals surface area contributed by atoms with Crippen LogP contribution in [0.5, 0.6) is 0 Å². The first-order chi connectivity index (χ1) is 61.0. The second-order valence-corrected chi connectivity index (χ2v) is 36.4. The number of ether oxygens (including phenoxy) is 10. The van der Waals surface area contributed by atoms with E-state index in [0.717, 1.165) is 41.5 Å². The Morgan fingerprint density at radius 1 is 0.508 bits per heavy atom. The first kappa shape index (κ1) is 103. The Morgan fingerprint density at radius 2 is 0.969 bits per heavy atom. The number of allylic oxidation sites excluding steroid dienone is 4. The van der Waals surface area contributed by atoms with Crippen molar-refractivity contribution in [3.05, 3.63) is 215 Å². The number of nitrogens with zero attached hydrogens (tertiary/aromatic N) is 2. The standard InChI is InChI=1S/C44H56N4O7.C30H42N2O6.C18H25BrO4.C6H12O6/c1-43(2)31-13-6-8-15-33(31)47(5)36(43)17-12-18-37-44(3,4)32-14-7-9-16-34(32)48(37)25-11-10-19-38(50)46-30-22-20-29(21-23-30)27-45-24-26-54-42-41(53)40(52)39(51)35(28-49)55-42;1-20-21(2)26(19-36-27(33)24-10-8-7-9-11-24)37-28(22(20)3)35-17-16-31-18-23-12-14-25(15-13-23)32-29(34)38-30(4,5)6;1-12-13(2)16(23-18(14(12)3)21-10-9-19)11-22-17(20)15-7-5-4-6-8-15;7-1-2-3(8)4(9)5(10)6(11)12-2/h6-9,12-18,20-23,35,39-42,45,49,51-53H,10-11,19,24-28H2,1-5H3;7-15,20-22,26,28,31H,16-19H2,1-6H3,(H,32,34);4-8,12-14,16,18H,9-11H2,1-3H3;2-11H,1H2/p+1. The fourth-order valence-electron chi connectivity index (χ4n) is 16.3. The molecule has 0 spiro atoms. The third kappa shape index (κ3) is 28.4. The van der Waals surface area contributed by atoms with Crippen molar-refractivity contribution in [1.29, 1.82) is 0 Å². The lowest BCUT2D eigenvalue weighted by Gasteiger charge is -2.43. The maximum atomic E-state index is 12.9. The molecule has 0 bridgehead atoms. The molecular weight excluding hydrogens is 1710 g/mol. The molecule has 0 aliphatic carbocycles. The van der Waals surface area contributed by atoms with Crippen molar-refractivity contribution in [3.63, 3.8) is 0 Å². The van der Waals surface area contributed by atoms with Crippen molar-refractivity contribution >= 4 is 68.3 Å². The number of benzene rings is 6. The number of rotatable bonds is 32. The Labute approximate surface area is 761 Å². The summed E-state index contributed by atoms with van der Waals surface area (Å²) in [6.07, 6.45) is -6.18. The van der Waals surface area contributed by atoms with E-state index in [1.165, 1.54) is 33.9 Å². The molecule has 30 heteroatoms. The van der Waals surface area contributed by atoms with Crippen LogP contribution in [0, 0.1) is 35.5 Å². The van der Waals surface area contributed by atoms with Gasteiger partial charge in [-0.15, -0.1) is 0 Å². The predicted molar refractivity (Wildman–Crippen MR) is 490 cm³/mol. The highest BCUT2D eigenvalue weighted by Crippen LogP contribution is 2.48. The average Bonchev–Trinajstić information content (AvgIpc) is 1.59. The first-order valence-corrected chi connectivity index (χ1v) is 45.4. The molecule has 0 radical (unpaired) electrons. The number of para-hydroxylation sites is 2. The maximum absolute atomic E-state index is 12.9. The molecule has 4 fully saturated rings. The van der Waals surface area contributed by atoms with Gasteiger partial charge >= 0.3 is 18.0 Å². The van der Waals surface area contributed by atoms with Gasteiger partial charge in [0.15, 0.2) is 30.9 Å². The number of unbranched alkanes of at least 4 members (excludes halogenated alkanes) is 1. The highest BCUT2D eigenvalue weighted by molar-refractivity contribution is 9.09. The number of carbonyl (C=O) groups is 4. The zero-order chi connectivity index (χ0) is 93.2. The molecule has 29 nitrogen and oxygen atoms in total. The molecule has 20 atom stereocenters. The van der Waals surface area contributed by atoms with Gasteiger partial charge in [-0.05, 0) is 148 Å². The minimum atomic E-state index is -1.57. The van der Waals surface area contributed by atoms with E-state index in [9.17, 15) is 39.6 Å². The van der Waals surface area contributed by atoms with Crippen molar-refractivity contribution in [3.8, 4) is 0 Å². The third-order valence-corrected chi connectivity index (χ3v) is 25.0. The van der Waals surface area contributed by atoms with Crippen molar-refractivity contribution < 1.29 is 117 Å². The lowest BCUT2D eigenvalue weighted by molar-refractivity contribution is -0.401. The summed E-state index contributed by atoms with van der Waals surface area (Å²) in [6.45, 7) is 31.4. The number of aliphatic hydroxyl groups excluding tert-OH is 9. The zero-order valence-corrected chi connectivity index (χ0v) is 77.7. The van der Waals surface area contributed by atoms with Gasteiger partial charge in [0.05, 0.1) is 61.8 Å². The molecule has 2 amide bonds. The molecule has 13 N–H and O–H groups in total. The molecular formula is C98H136BrN6O23+. The summed E-state index contributed by atoms with van der Waals surface area (Å²) >= 11 is 3.36. The van der Waals surface area contributed by atoms with Crippen molar-refractivity contribution in [1.82, 2.24) is 10.6 Å². The molecule has 6 aliphatic rings. The highest BCUT2D eigenvalue weighted by atomic mass is 79.9. The molecule has 4 saturated heterocycles. The lowest BCUT2D eigenvalue weighted by atomic mass is 9.79. The van der Waals surface area contributed by atoms with E-state index in [-0.39, 0.29) is 85.1 Å². The number of hydrogen-bond donors (Lipinski definition) is 13. The van der Waals surface area contributed by atoms with E-state index in [2.05, 4.69) is 194 Å². The summed E-state index contributed by atoms with van der Waals surface area (Å²) in [4.78, 5) is 51.7. The number of fused-ring (bicyclic) bond motifs is 2. The highest BCUT2D eigenvalue weighted by Gasteiger charge is 2.48. The van der Waals surface area contributed by atoms with Crippen LogP contribution in [0.2, 0.25) is 0 Å². The fourth-order valence-corrected chi connectivity index (χ4v) is 16.5. The molecule has 0 aromatic heterocycles. The van der Waals surface area contributed by atoms with Gasteiger partial charge < -0.3 is 114 Å². The number of esters is 2. The first-order valence-electron chi connectivity index (χ1n) is 44.3. The topological polar surface area (TPSA) is 397 Å². The van der Waals surface area contributed by atoms with Crippen LogP contribution in [-0.4, -0.2) is 250 Å². The fraction of sp³-hybridized carbons (Fsp3) is 0.541. The SMILES string of the molecule is CC1C(COC(=O)c2ccccc2)OC(OCCBr)C(C)C1C.CC1C(COC(=O)c2ccccc2)OC(OCCNCc2ccc(NC(=O)OC(C)(C)C)cc2)C(C)C1C.C[N+]1=C(/C=C/C=C2/N(CCCCC(=O)Nc3ccc(CNCCOC4OC(CO)C(O)C(O)C4O)cc3)c3ccccc3C2(C)C)C(C)(C)c2ccccc21.OCC1OC(O)C(O)C(O)C1O. The summed E-state index contributed by atoms with van der Waals surface area (Å²) in [6, 6.07) is 50.5. The molecule has 6 aromatic rings. The number of aliphatic hydroxyl groups is 9. The van der Waals surface area contributed by atoms with E-state index < -0.39 is 86.3 Å². The van der Waals surface area contributed by atoms with Crippen LogP contribution in [0.15, 0.2) is 182 Å². The Kier molecular flexibility index (Phi) is 39.8. The average molecular weight is 1850 g/mol. The molecule has 6 aromatic carbocycles. The van der Waals surface area contributed by atoms with Gasteiger partial charge in [0, 0.05) is 102 Å². The summed E-state index contributed by atoms with van der Waals surface area (Å²) in [5.74, 6) is 1.18. The van der Waals surface area contributed by atoms with Gasteiger partial charge in [0.25, 0.3) is 0 Å². The van der Waals surface area contributed by atoms with Gasteiger partial charge in [-0.2, -0.15) is 4.58 Å². The number of anilines is 3. The van der Waals surface area contributed by atoms with Crippen LogP contribution in [0.1, 0.15) is 152 Å². The lowest BCUT2D eigenvalue weighted by Crippen LogP contribution is -2.59. The Bertz CT molecular complexity index is 4530. The summed E-state index contributed by atoms with van der Waals surface area (Å²) in [5.41, 5.74) is 11.5. The molecule has 12 rings (SSSR count). The Morgan fingerprint density at radius 3 is 1.48 bits per heavy atom. The van der Waals surface area contributed by atoms with Crippen LogP contribution in [0.25, 0.3) is 0 Å². The van der Waals surface area contributed by atoms with Gasteiger partial charge in [-0.1, -0.05) is 174 Å². The van der Waals surface area contributed by atoms with E-state index in [4.69, 9.17) is 68.2 Å². The monoisotopic (exact) mass is 1840 g/mol. The summed E-state index contributed by atoms with van der Waals surface area (Å²) in [7, 11) is 2.14. The quantitative estimate of drug-likeness (QED) is 0.00613. The van der Waals surface area contributed by atoms with Crippen molar-refractivity contribution in [2.75, 3.05) is 93.8 Å². The largest absolute Gasteiger partial charge is 0.459 e. The Hall–Kier alpha value is -8.29.